The minimum Gasteiger partial charge on any atom is -0.393 e. The van der Waals surface area contributed by atoms with Crippen LogP contribution in [0.1, 0.15) is 12.7 Å². The van der Waals surface area contributed by atoms with Crippen LogP contribution in [0.25, 0.3) is 0 Å². The molecule has 6 nitrogen and oxygen atoms in total. The van der Waals surface area contributed by atoms with Crippen LogP contribution in [0.2, 0.25) is 0 Å². The number of imidazole rings is 1. The highest BCUT2D eigenvalue weighted by Crippen LogP contribution is 2.15. The Hall–Kier alpha value is -1.08. The van der Waals surface area contributed by atoms with Gasteiger partial charge in [-0.25, -0.2) is 9.55 Å². The van der Waals surface area contributed by atoms with Crippen molar-refractivity contribution in [3.63, 3.8) is 0 Å². The number of aryl methyl sites for hydroxylation is 1. The normalized spacial score (nSPS) is 12.7. The second-order valence-corrected chi connectivity index (χ2v) is 4.65. The third-order valence-electron chi connectivity index (χ3n) is 2.04. The molecule has 16 heavy (non-hydrogen) atoms. The standard InChI is InChI=1S/C9H15N3O3S/c1-7(13)6-16-4-3-11-8(2)10-5-9(11)12(14)15/h5,7,13H,3-4,6H2,1-2H3. The first-order chi connectivity index (χ1) is 7.52. The lowest BCUT2D eigenvalue weighted by Gasteiger charge is -2.04. The molecule has 0 aliphatic carbocycles. The Kier molecular flexibility index (Phi) is 4.75. The highest BCUT2D eigenvalue weighted by Gasteiger charge is 2.16. The van der Waals surface area contributed by atoms with Crippen molar-refractivity contribution in [3.05, 3.63) is 22.1 Å². The minimum absolute atomic E-state index is 0.0233. The third-order valence-corrected chi connectivity index (χ3v) is 3.23. The van der Waals surface area contributed by atoms with Gasteiger partial charge >= 0.3 is 5.82 Å². The lowest BCUT2D eigenvalue weighted by Crippen LogP contribution is -2.09. The maximum Gasteiger partial charge on any atom is 0.342 e. The Labute approximate surface area is 97.8 Å². The average Bonchev–Trinajstić information content (AvgIpc) is 2.54. The van der Waals surface area contributed by atoms with Gasteiger partial charge in [0.1, 0.15) is 12.7 Å². The van der Waals surface area contributed by atoms with Gasteiger partial charge in [0.2, 0.25) is 0 Å². The molecule has 1 atom stereocenters. The van der Waals surface area contributed by atoms with Gasteiger partial charge in [-0.15, -0.1) is 0 Å². The number of hydrogen-bond acceptors (Lipinski definition) is 5. The molecule has 1 N–H and O–H groups in total. The summed E-state index contributed by atoms with van der Waals surface area (Å²) < 4.78 is 1.58. The summed E-state index contributed by atoms with van der Waals surface area (Å²) in [5.41, 5.74) is 0. The zero-order valence-corrected chi connectivity index (χ0v) is 10.1. The van der Waals surface area contributed by atoms with Crippen molar-refractivity contribution in [1.29, 1.82) is 0 Å². The molecule has 0 fully saturated rings. The molecule has 0 radical (unpaired) electrons. The van der Waals surface area contributed by atoms with Gasteiger partial charge in [-0.1, -0.05) is 0 Å². The van der Waals surface area contributed by atoms with Gasteiger partial charge in [-0.05, 0) is 11.8 Å². The van der Waals surface area contributed by atoms with Crippen molar-refractivity contribution in [2.24, 2.45) is 0 Å². The Bertz CT molecular complexity index is 365. The molecular weight excluding hydrogens is 230 g/mol. The van der Waals surface area contributed by atoms with Gasteiger partial charge in [0.15, 0.2) is 5.82 Å². The van der Waals surface area contributed by atoms with E-state index in [0.29, 0.717) is 18.1 Å². The van der Waals surface area contributed by atoms with E-state index in [1.54, 1.807) is 30.2 Å². The number of rotatable bonds is 6. The molecule has 0 aliphatic rings. The fourth-order valence-electron chi connectivity index (χ4n) is 1.29. The van der Waals surface area contributed by atoms with Crippen LogP contribution in [0.4, 0.5) is 5.82 Å². The molecule has 0 saturated carbocycles. The minimum atomic E-state index is -0.431. The van der Waals surface area contributed by atoms with Crippen molar-refractivity contribution in [3.8, 4) is 0 Å². The summed E-state index contributed by atoms with van der Waals surface area (Å²) in [6.07, 6.45) is 0.929. The first kappa shape index (κ1) is 13.0. The van der Waals surface area contributed by atoms with Crippen LogP contribution < -0.4 is 0 Å². The van der Waals surface area contributed by atoms with Gasteiger partial charge in [-0.2, -0.15) is 11.8 Å². The van der Waals surface area contributed by atoms with Crippen LogP contribution in [0.5, 0.6) is 0 Å². The molecule has 0 bridgehead atoms. The molecule has 0 amide bonds. The van der Waals surface area contributed by atoms with E-state index in [0.717, 1.165) is 5.75 Å². The van der Waals surface area contributed by atoms with Gasteiger partial charge in [0, 0.05) is 18.4 Å². The zero-order chi connectivity index (χ0) is 12.1. The highest BCUT2D eigenvalue weighted by molar-refractivity contribution is 7.99. The van der Waals surface area contributed by atoms with Gasteiger partial charge in [0.05, 0.1) is 6.10 Å². The van der Waals surface area contributed by atoms with Crippen molar-refractivity contribution in [2.45, 2.75) is 26.5 Å². The molecule has 0 aromatic carbocycles. The molecule has 1 aromatic heterocycles. The quantitative estimate of drug-likeness (QED) is 0.463. The van der Waals surface area contributed by atoms with E-state index < -0.39 is 4.92 Å². The van der Waals surface area contributed by atoms with Crippen molar-refractivity contribution in [1.82, 2.24) is 9.55 Å². The van der Waals surface area contributed by atoms with E-state index in [2.05, 4.69) is 4.98 Å². The molecule has 0 aliphatic heterocycles. The number of aromatic nitrogens is 2. The fourth-order valence-corrected chi connectivity index (χ4v) is 2.11. The van der Waals surface area contributed by atoms with E-state index in [-0.39, 0.29) is 11.9 Å². The molecule has 1 rings (SSSR count). The molecule has 90 valence electrons. The van der Waals surface area contributed by atoms with Crippen LogP contribution in [-0.4, -0.2) is 37.2 Å². The second-order valence-electron chi connectivity index (χ2n) is 3.50. The Morgan fingerprint density at radius 3 is 3.00 bits per heavy atom. The number of thioether (sulfide) groups is 1. The predicted molar refractivity (Wildman–Crippen MR) is 62.6 cm³/mol. The van der Waals surface area contributed by atoms with Crippen molar-refractivity contribution < 1.29 is 10.0 Å². The Morgan fingerprint density at radius 1 is 1.75 bits per heavy atom. The molecule has 7 heteroatoms. The van der Waals surface area contributed by atoms with Crippen LogP contribution in [0.15, 0.2) is 6.20 Å². The molecule has 0 saturated heterocycles. The Balaban J connectivity index is 2.52. The summed E-state index contributed by atoms with van der Waals surface area (Å²) in [6.45, 7) is 4.00. The number of nitro groups is 1. The molecular formula is C9H15N3O3S. The highest BCUT2D eigenvalue weighted by atomic mass is 32.2. The first-order valence-corrected chi connectivity index (χ1v) is 6.10. The summed E-state index contributed by atoms with van der Waals surface area (Å²) >= 11 is 1.57. The SMILES string of the molecule is Cc1ncc([N+](=O)[O-])n1CCSCC(C)O. The van der Waals surface area contributed by atoms with Crippen LogP contribution in [0.3, 0.4) is 0 Å². The second kappa shape index (κ2) is 5.86. The molecule has 0 spiro atoms. The number of hydrogen-bond donors (Lipinski definition) is 1. The average molecular weight is 245 g/mol. The largest absolute Gasteiger partial charge is 0.393 e. The topological polar surface area (TPSA) is 81.2 Å². The summed E-state index contributed by atoms with van der Waals surface area (Å²) in [5.74, 6) is 2.03. The van der Waals surface area contributed by atoms with E-state index >= 15 is 0 Å². The maximum absolute atomic E-state index is 10.7. The maximum atomic E-state index is 10.7. The summed E-state index contributed by atoms with van der Waals surface area (Å²) in [5, 5.41) is 19.7. The first-order valence-electron chi connectivity index (χ1n) is 4.94. The summed E-state index contributed by atoms with van der Waals surface area (Å²) in [7, 11) is 0. The van der Waals surface area contributed by atoms with Crippen LogP contribution >= 0.6 is 11.8 Å². The van der Waals surface area contributed by atoms with E-state index in [4.69, 9.17) is 5.11 Å². The fraction of sp³-hybridized carbons (Fsp3) is 0.667. The van der Waals surface area contributed by atoms with Gasteiger partial charge in [-0.3, -0.25) is 0 Å². The summed E-state index contributed by atoms with van der Waals surface area (Å²) in [4.78, 5) is 14.2. The van der Waals surface area contributed by atoms with Crippen LogP contribution in [-0.2, 0) is 6.54 Å². The van der Waals surface area contributed by atoms with E-state index in [9.17, 15) is 10.1 Å². The summed E-state index contributed by atoms with van der Waals surface area (Å²) in [6, 6.07) is 0. The molecule has 1 unspecified atom stereocenters. The Morgan fingerprint density at radius 2 is 2.44 bits per heavy atom. The zero-order valence-electron chi connectivity index (χ0n) is 9.29. The lowest BCUT2D eigenvalue weighted by molar-refractivity contribution is -0.392. The van der Waals surface area contributed by atoms with Gasteiger partial charge < -0.3 is 15.2 Å². The molecule has 1 heterocycles. The number of aliphatic hydroxyl groups is 1. The van der Waals surface area contributed by atoms with Crippen molar-refractivity contribution >= 4 is 17.6 Å². The lowest BCUT2D eigenvalue weighted by atomic mass is 10.5. The number of nitrogens with zero attached hydrogens (tertiary/aromatic N) is 3. The predicted octanol–water partition coefficient (Wildman–Crippen LogP) is 1.21. The van der Waals surface area contributed by atoms with Crippen molar-refractivity contribution in [2.75, 3.05) is 11.5 Å². The number of aliphatic hydroxyl groups excluding tert-OH is 1. The van der Waals surface area contributed by atoms with E-state index in [1.165, 1.54) is 6.20 Å². The smallest absolute Gasteiger partial charge is 0.342 e. The van der Waals surface area contributed by atoms with E-state index in [1.807, 2.05) is 0 Å². The van der Waals surface area contributed by atoms with Crippen LogP contribution in [0, 0.1) is 17.0 Å². The molecule has 1 aromatic rings. The third kappa shape index (κ3) is 3.49. The monoisotopic (exact) mass is 245 g/mol. The van der Waals surface area contributed by atoms with Gasteiger partial charge in [0.25, 0.3) is 0 Å².